The lowest BCUT2D eigenvalue weighted by atomic mass is 10.1. The number of benzene rings is 2. The summed E-state index contributed by atoms with van der Waals surface area (Å²) in [7, 11) is 0. The number of para-hydroxylation sites is 2. The summed E-state index contributed by atoms with van der Waals surface area (Å²) in [6.07, 6.45) is 2.50. The van der Waals surface area contributed by atoms with Crippen LogP contribution in [0, 0.1) is 0 Å². The van der Waals surface area contributed by atoms with E-state index in [1.54, 1.807) is 60.9 Å². The quantitative estimate of drug-likeness (QED) is 0.266. The minimum atomic E-state index is -0.627. The average molecular weight is 468 g/mol. The molecule has 0 atom stereocenters. The molecule has 3 aromatic rings. The van der Waals surface area contributed by atoms with E-state index in [0.29, 0.717) is 22.5 Å². The van der Waals surface area contributed by atoms with E-state index in [4.69, 9.17) is 16.2 Å². The lowest BCUT2D eigenvalue weighted by Gasteiger charge is -2.09. The van der Waals surface area contributed by atoms with Crippen molar-refractivity contribution in [2.24, 2.45) is 5.73 Å². The Labute approximate surface area is 196 Å². The molecule has 172 valence electrons. The van der Waals surface area contributed by atoms with Crippen molar-refractivity contribution in [3.63, 3.8) is 0 Å². The second-order valence-electron chi connectivity index (χ2n) is 6.58. The molecule has 1 heterocycles. The monoisotopic (exact) mass is 467 g/mol. The number of nitrogens with zero attached hydrogens (tertiary/aromatic N) is 1. The third kappa shape index (κ3) is 7.86. The minimum Gasteiger partial charge on any atom is -0.445 e. The zero-order valence-corrected chi connectivity index (χ0v) is 18.8. The van der Waals surface area contributed by atoms with Gasteiger partial charge in [-0.1, -0.05) is 30.3 Å². The maximum Gasteiger partial charge on any atom is 0.407 e. The Morgan fingerprint density at radius 2 is 1.64 bits per heavy atom. The largest absolute Gasteiger partial charge is 0.445 e. The molecule has 33 heavy (non-hydrogen) atoms. The number of rotatable bonds is 7. The number of ether oxygens (including phenoxy) is 1. The Morgan fingerprint density at radius 3 is 2.24 bits per heavy atom. The number of carbonyl (C=O) groups is 3. The Hall–Kier alpha value is -4.05. The van der Waals surface area contributed by atoms with Gasteiger partial charge in [-0.05, 0) is 42.2 Å². The number of primary amides is 1. The highest BCUT2D eigenvalue weighted by Crippen LogP contribution is 2.18. The molecule has 1 aromatic heterocycles. The second kappa shape index (κ2) is 12.7. The van der Waals surface area contributed by atoms with Crippen molar-refractivity contribution in [3.8, 4) is 0 Å². The molecule has 0 unspecified atom stereocenters. The number of carbonyl (C=O) groups excluding carboxylic acids is 3. The molecule has 10 heteroatoms. The molecule has 0 spiro atoms. The molecule has 0 radical (unpaired) electrons. The highest BCUT2D eigenvalue weighted by molar-refractivity contribution is 7.79. The van der Waals surface area contributed by atoms with Crippen LogP contribution < -0.4 is 22.1 Å². The number of aromatic nitrogens is 1. The summed E-state index contributed by atoms with van der Waals surface area (Å²) in [5, 5.41) is 5.38. The van der Waals surface area contributed by atoms with Gasteiger partial charge in [0, 0.05) is 23.9 Å². The molecule has 6 N–H and O–H groups in total. The number of hydrogen-bond acceptors (Lipinski definition) is 7. The fraction of sp³-hybridized carbons (Fsp3) is 0.130. The van der Waals surface area contributed by atoms with Gasteiger partial charge in [-0.3, -0.25) is 14.6 Å². The van der Waals surface area contributed by atoms with Crippen LogP contribution in [-0.2, 0) is 17.9 Å². The molecule has 0 fully saturated rings. The second-order valence-corrected chi connectivity index (χ2v) is 6.58. The van der Waals surface area contributed by atoms with Crippen molar-refractivity contribution in [2.45, 2.75) is 13.2 Å². The van der Waals surface area contributed by atoms with Crippen LogP contribution in [0.3, 0.4) is 0 Å². The third-order valence-corrected chi connectivity index (χ3v) is 4.31. The van der Waals surface area contributed by atoms with Gasteiger partial charge in [-0.2, -0.15) is 12.6 Å². The van der Waals surface area contributed by atoms with Gasteiger partial charge >= 0.3 is 6.09 Å². The topological polar surface area (TPSA) is 149 Å². The van der Waals surface area contributed by atoms with Crippen LogP contribution in [0.1, 0.15) is 32.0 Å². The van der Waals surface area contributed by atoms with Crippen molar-refractivity contribution >= 4 is 41.9 Å². The zero-order valence-electron chi connectivity index (χ0n) is 17.9. The normalized spacial score (nSPS) is 9.76. The van der Waals surface area contributed by atoms with Crippen LogP contribution in [0.5, 0.6) is 0 Å². The molecule has 3 amide bonds. The molecular formula is C23H25N5O4S. The maximum atomic E-state index is 12.3. The lowest BCUT2D eigenvalue weighted by molar-refractivity contribution is 0.0993. The Morgan fingerprint density at radius 1 is 0.970 bits per heavy atom. The van der Waals surface area contributed by atoms with Gasteiger partial charge < -0.3 is 26.8 Å². The van der Waals surface area contributed by atoms with E-state index in [9.17, 15) is 14.4 Å². The Balaban J connectivity index is 0.00000187. The summed E-state index contributed by atoms with van der Waals surface area (Å²) >= 11 is 3.53. The Kier molecular flexibility index (Phi) is 9.72. The van der Waals surface area contributed by atoms with Crippen molar-refractivity contribution in [2.75, 3.05) is 17.3 Å². The summed E-state index contributed by atoms with van der Waals surface area (Å²) in [6, 6.07) is 16.8. The van der Waals surface area contributed by atoms with Crippen molar-refractivity contribution < 1.29 is 19.1 Å². The number of nitrogens with one attached hydrogen (secondary N) is 2. The first-order valence-corrected chi connectivity index (χ1v) is 10.7. The minimum absolute atomic E-state index is 0.000396. The number of nitrogens with two attached hydrogens (primary N) is 2. The summed E-state index contributed by atoms with van der Waals surface area (Å²) in [6.45, 7) is 0.227. The van der Waals surface area contributed by atoms with E-state index >= 15 is 0 Å². The summed E-state index contributed by atoms with van der Waals surface area (Å²) in [4.78, 5) is 39.1. The van der Waals surface area contributed by atoms with Gasteiger partial charge in [0.25, 0.3) is 11.8 Å². The van der Waals surface area contributed by atoms with E-state index in [1.165, 1.54) is 12.3 Å². The zero-order chi connectivity index (χ0) is 24.2. The van der Waals surface area contributed by atoms with E-state index in [1.807, 2.05) is 0 Å². The fourth-order valence-corrected chi connectivity index (χ4v) is 2.61. The SMILES string of the molecule is CS.NC(=O)c1ccc(COC(=O)NCc2ccc(C(=O)Nc3ccccc3N)cc2)cn1. The van der Waals surface area contributed by atoms with Crippen LogP contribution in [0.4, 0.5) is 16.2 Å². The Bertz CT molecular complexity index is 1090. The smallest absolute Gasteiger partial charge is 0.407 e. The molecule has 0 bridgehead atoms. The summed E-state index contributed by atoms with van der Waals surface area (Å²) in [5.41, 5.74) is 14.0. The van der Waals surface area contributed by atoms with Gasteiger partial charge in [-0.25, -0.2) is 4.79 Å². The van der Waals surface area contributed by atoms with Gasteiger partial charge in [-0.15, -0.1) is 0 Å². The number of pyridine rings is 1. The van der Waals surface area contributed by atoms with E-state index in [-0.39, 0.29) is 24.8 Å². The highest BCUT2D eigenvalue weighted by atomic mass is 32.1. The molecule has 0 saturated carbocycles. The number of thiol groups is 1. The van der Waals surface area contributed by atoms with E-state index in [0.717, 1.165) is 5.56 Å². The first-order valence-electron chi connectivity index (χ1n) is 9.77. The molecule has 9 nitrogen and oxygen atoms in total. The van der Waals surface area contributed by atoms with E-state index in [2.05, 4.69) is 28.2 Å². The van der Waals surface area contributed by atoms with Crippen molar-refractivity contribution in [1.29, 1.82) is 0 Å². The number of hydrogen-bond donors (Lipinski definition) is 5. The summed E-state index contributed by atoms with van der Waals surface area (Å²) in [5.74, 6) is -0.911. The molecule has 0 aliphatic carbocycles. The molecule has 0 saturated heterocycles. The first-order chi connectivity index (χ1) is 15.9. The van der Waals surface area contributed by atoms with Gasteiger partial charge in [0.2, 0.25) is 0 Å². The van der Waals surface area contributed by atoms with Crippen molar-refractivity contribution in [1.82, 2.24) is 10.3 Å². The molecular weight excluding hydrogens is 442 g/mol. The van der Waals surface area contributed by atoms with Crippen LogP contribution in [0.25, 0.3) is 0 Å². The average Bonchev–Trinajstić information content (AvgIpc) is 2.84. The molecule has 2 aromatic carbocycles. The first kappa shape index (κ1) is 25.2. The van der Waals surface area contributed by atoms with Gasteiger partial charge in [0.15, 0.2) is 0 Å². The van der Waals surface area contributed by atoms with Crippen LogP contribution in [0.2, 0.25) is 0 Å². The number of alkyl carbamates (subject to hydrolysis) is 1. The molecule has 0 aliphatic rings. The standard InChI is InChI=1S/C22H21N5O4.CH4S/c23-17-3-1-2-4-18(17)27-21(29)16-8-5-14(6-9-16)11-26-22(30)31-13-15-7-10-19(20(24)28)25-12-15;1-2/h1-10,12H,11,13,23H2,(H2,24,28)(H,26,30)(H,27,29);2H,1H3. The predicted molar refractivity (Wildman–Crippen MR) is 130 cm³/mol. The number of nitrogen functional groups attached to an aromatic ring is 1. The van der Waals surface area contributed by atoms with E-state index < -0.39 is 12.0 Å². The third-order valence-electron chi connectivity index (χ3n) is 4.31. The molecule has 0 aliphatic heterocycles. The van der Waals surface area contributed by atoms with Gasteiger partial charge in [0.1, 0.15) is 12.3 Å². The lowest BCUT2D eigenvalue weighted by Crippen LogP contribution is -2.23. The molecule has 3 rings (SSSR count). The maximum absolute atomic E-state index is 12.3. The van der Waals surface area contributed by atoms with Crippen LogP contribution >= 0.6 is 12.6 Å². The summed E-state index contributed by atoms with van der Waals surface area (Å²) < 4.78 is 5.11. The van der Waals surface area contributed by atoms with Gasteiger partial charge in [0.05, 0.1) is 11.4 Å². The fourth-order valence-electron chi connectivity index (χ4n) is 2.61. The van der Waals surface area contributed by atoms with Crippen LogP contribution in [0.15, 0.2) is 66.9 Å². The number of anilines is 2. The van der Waals surface area contributed by atoms with Crippen LogP contribution in [-0.4, -0.2) is 29.1 Å². The predicted octanol–water partition coefficient (Wildman–Crippen LogP) is 2.99. The van der Waals surface area contributed by atoms with Crippen molar-refractivity contribution in [3.05, 3.63) is 89.2 Å². The highest BCUT2D eigenvalue weighted by Gasteiger charge is 2.09. The number of amides is 3.